The average Bonchev–Trinajstić information content (AvgIpc) is 2.83. The summed E-state index contributed by atoms with van der Waals surface area (Å²) >= 11 is 0. The maximum atomic E-state index is 13.7. The third kappa shape index (κ3) is 5.26. The van der Waals surface area contributed by atoms with Crippen LogP contribution in [0.15, 0.2) is 59.6 Å². The summed E-state index contributed by atoms with van der Waals surface area (Å²) in [6, 6.07) is 11.2. The lowest BCUT2D eigenvalue weighted by Gasteiger charge is -2.34. The number of carboxylic acids is 1. The van der Waals surface area contributed by atoms with Crippen LogP contribution in [0.5, 0.6) is 0 Å². The van der Waals surface area contributed by atoms with Gasteiger partial charge >= 0.3 is 12.1 Å². The van der Waals surface area contributed by atoms with E-state index in [4.69, 9.17) is 0 Å². The van der Waals surface area contributed by atoms with Gasteiger partial charge in [0.2, 0.25) is 0 Å². The number of aliphatic carboxylic acids is 1. The molecule has 9 nitrogen and oxygen atoms in total. The Balaban J connectivity index is 1.69. The van der Waals surface area contributed by atoms with Crippen LogP contribution in [0.2, 0.25) is 0 Å². The highest BCUT2D eigenvalue weighted by molar-refractivity contribution is 7.92. The second-order valence-corrected chi connectivity index (χ2v) is 9.73. The molecular weight excluding hydrogens is 499 g/mol. The minimum absolute atomic E-state index is 0.146. The van der Waals surface area contributed by atoms with Crippen LogP contribution in [0, 0.1) is 6.92 Å². The van der Waals surface area contributed by atoms with E-state index in [1.165, 1.54) is 29.2 Å². The van der Waals surface area contributed by atoms with Gasteiger partial charge in [0, 0.05) is 25.2 Å². The van der Waals surface area contributed by atoms with Crippen LogP contribution < -0.4 is 14.9 Å². The van der Waals surface area contributed by atoms with Gasteiger partial charge < -0.3 is 15.3 Å². The van der Waals surface area contributed by atoms with Gasteiger partial charge in [-0.25, -0.2) is 14.8 Å². The third-order valence-corrected chi connectivity index (χ3v) is 6.90. The molecule has 2 aromatic heterocycles. The van der Waals surface area contributed by atoms with Crippen LogP contribution in [0.25, 0.3) is 11.3 Å². The molecule has 190 valence electrons. The second kappa shape index (κ2) is 9.74. The number of rotatable bonds is 6. The lowest BCUT2D eigenvalue weighted by Crippen LogP contribution is -2.55. The number of nitrogens with one attached hydrogen (secondary N) is 2. The normalized spacial score (nSPS) is 16.6. The van der Waals surface area contributed by atoms with Crippen molar-refractivity contribution in [3.63, 3.8) is 0 Å². The fourth-order valence-electron chi connectivity index (χ4n) is 3.89. The lowest BCUT2D eigenvalue weighted by atomic mass is 10.0. The fraction of sp³-hybridized carbons (Fsp3) is 0.261. The lowest BCUT2D eigenvalue weighted by molar-refractivity contribution is -0.139. The SMILES string of the molecule is Cc1ccccc1-c1nc(NS(=O)(=O)c2cccc(N3CCNCC3C(=O)O)n2)ccc1C(F)(F)F. The molecule has 0 saturated carbocycles. The van der Waals surface area contributed by atoms with Crippen molar-refractivity contribution >= 4 is 27.6 Å². The predicted molar refractivity (Wildman–Crippen MR) is 126 cm³/mol. The predicted octanol–water partition coefficient (Wildman–Crippen LogP) is 3.13. The van der Waals surface area contributed by atoms with Crippen molar-refractivity contribution in [2.75, 3.05) is 29.3 Å². The number of hydrogen-bond donors (Lipinski definition) is 3. The molecule has 0 amide bonds. The first-order valence-electron chi connectivity index (χ1n) is 10.8. The standard InChI is InChI=1S/C23H22F3N5O4S/c1-14-5-2-3-6-15(14)21-16(23(24,25)26)9-10-18(28-21)30-36(34,35)20-8-4-7-19(29-20)31-12-11-27-13-17(31)22(32)33/h2-10,17,27H,11-13H2,1H3,(H,28,30)(H,32,33). The smallest absolute Gasteiger partial charge is 0.418 e. The minimum Gasteiger partial charge on any atom is -0.480 e. The molecule has 0 aliphatic carbocycles. The number of hydrogen-bond acceptors (Lipinski definition) is 7. The maximum absolute atomic E-state index is 13.7. The topological polar surface area (TPSA) is 125 Å². The van der Waals surface area contributed by atoms with E-state index in [1.54, 1.807) is 25.1 Å². The van der Waals surface area contributed by atoms with Gasteiger partial charge in [0.1, 0.15) is 17.7 Å². The zero-order chi connectivity index (χ0) is 26.1. The van der Waals surface area contributed by atoms with Crippen molar-refractivity contribution < 1.29 is 31.5 Å². The highest BCUT2D eigenvalue weighted by atomic mass is 32.2. The van der Waals surface area contributed by atoms with Crippen LogP contribution in [0.3, 0.4) is 0 Å². The van der Waals surface area contributed by atoms with Crippen molar-refractivity contribution in [3.8, 4) is 11.3 Å². The van der Waals surface area contributed by atoms with Crippen molar-refractivity contribution in [2.24, 2.45) is 0 Å². The molecule has 3 aromatic rings. The fourth-order valence-corrected chi connectivity index (χ4v) is 4.86. The Kier molecular flexibility index (Phi) is 6.87. The summed E-state index contributed by atoms with van der Waals surface area (Å²) in [5.74, 6) is -1.26. The number of pyridine rings is 2. The van der Waals surface area contributed by atoms with Gasteiger partial charge in [0.25, 0.3) is 10.0 Å². The Bertz CT molecular complexity index is 1400. The molecular formula is C23H22F3N5O4S. The molecule has 1 fully saturated rings. The molecule has 36 heavy (non-hydrogen) atoms. The molecule has 1 saturated heterocycles. The van der Waals surface area contributed by atoms with E-state index in [1.807, 2.05) is 0 Å². The van der Waals surface area contributed by atoms with E-state index >= 15 is 0 Å². The number of halogens is 3. The Labute approximate surface area is 205 Å². The zero-order valence-corrected chi connectivity index (χ0v) is 19.8. The van der Waals surface area contributed by atoms with E-state index in [9.17, 15) is 31.5 Å². The molecule has 13 heteroatoms. The molecule has 1 aliphatic rings. The average molecular weight is 522 g/mol. The largest absolute Gasteiger partial charge is 0.480 e. The molecule has 1 aromatic carbocycles. The van der Waals surface area contributed by atoms with Gasteiger partial charge in [0.15, 0.2) is 5.03 Å². The van der Waals surface area contributed by atoms with Gasteiger partial charge in [-0.15, -0.1) is 0 Å². The number of carboxylic acid groups (broad SMARTS) is 1. The highest BCUT2D eigenvalue weighted by Crippen LogP contribution is 2.38. The molecule has 3 N–H and O–H groups in total. The van der Waals surface area contributed by atoms with Crippen LogP contribution in [-0.2, 0) is 21.0 Å². The molecule has 0 radical (unpaired) electrons. The number of nitrogens with zero attached hydrogens (tertiary/aromatic N) is 3. The molecule has 4 rings (SSSR count). The van der Waals surface area contributed by atoms with Gasteiger partial charge in [-0.2, -0.15) is 21.6 Å². The Morgan fingerprint density at radius 1 is 1.11 bits per heavy atom. The minimum atomic E-state index is -4.71. The van der Waals surface area contributed by atoms with Gasteiger partial charge in [-0.05, 0) is 36.8 Å². The summed E-state index contributed by atoms with van der Waals surface area (Å²) in [6.07, 6.45) is -4.71. The number of aromatic nitrogens is 2. The van der Waals surface area contributed by atoms with Gasteiger partial charge in [-0.1, -0.05) is 30.3 Å². The first-order valence-corrected chi connectivity index (χ1v) is 12.3. The van der Waals surface area contributed by atoms with Crippen molar-refractivity contribution in [1.82, 2.24) is 15.3 Å². The number of piperazine rings is 1. The molecule has 0 bridgehead atoms. The number of carbonyl (C=O) groups is 1. The number of sulfonamides is 1. The third-order valence-electron chi connectivity index (χ3n) is 5.65. The van der Waals surface area contributed by atoms with E-state index in [0.29, 0.717) is 18.7 Å². The van der Waals surface area contributed by atoms with E-state index in [0.717, 1.165) is 12.1 Å². The maximum Gasteiger partial charge on any atom is 0.418 e. The van der Waals surface area contributed by atoms with E-state index in [2.05, 4.69) is 20.0 Å². The quantitative estimate of drug-likeness (QED) is 0.452. The summed E-state index contributed by atoms with van der Waals surface area (Å²) < 4.78 is 69.3. The van der Waals surface area contributed by atoms with Crippen molar-refractivity contribution in [1.29, 1.82) is 0 Å². The first kappa shape index (κ1) is 25.4. The van der Waals surface area contributed by atoms with Crippen LogP contribution in [-0.4, -0.2) is 55.1 Å². The monoisotopic (exact) mass is 521 g/mol. The first-order chi connectivity index (χ1) is 17.0. The summed E-state index contributed by atoms with van der Waals surface area (Å²) in [6.45, 7) is 2.56. The number of alkyl halides is 3. The summed E-state index contributed by atoms with van der Waals surface area (Å²) in [5, 5.41) is 12.0. The number of anilines is 2. The zero-order valence-electron chi connectivity index (χ0n) is 19.0. The van der Waals surface area contributed by atoms with Crippen molar-refractivity contribution in [2.45, 2.75) is 24.2 Å². The summed E-state index contributed by atoms with van der Waals surface area (Å²) in [5.41, 5.74) is -0.663. The van der Waals surface area contributed by atoms with Gasteiger partial charge in [-0.3, -0.25) is 4.72 Å². The van der Waals surface area contributed by atoms with Crippen molar-refractivity contribution in [3.05, 3.63) is 65.7 Å². The highest BCUT2D eigenvalue weighted by Gasteiger charge is 2.35. The van der Waals surface area contributed by atoms with Gasteiger partial charge in [0.05, 0.1) is 11.3 Å². The Hall–Kier alpha value is -3.71. The van der Waals surface area contributed by atoms with E-state index < -0.39 is 44.5 Å². The van der Waals surface area contributed by atoms with Crippen LogP contribution in [0.1, 0.15) is 11.1 Å². The molecule has 1 aliphatic heterocycles. The molecule has 1 atom stereocenters. The van der Waals surface area contributed by atoms with Crippen LogP contribution in [0.4, 0.5) is 24.8 Å². The second-order valence-electron chi connectivity index (χ2n) is 8.10. The molecule has 1 unspecified atom stereocenters. The summed E-state index contributed by atoms with van der Waals surface area (Å²) in [7, 11) is -4.36. The van der Waals surface area contributed by atoms with E-state index in [-0.39, 0.29) is 23.7 Å². The Morgan fingerprint density at radius 2 is 1.86 bits per heavy atom. The Morgan fingerprint density at radius 3 is 2.56 bits per heavy atom. The number of benzene rings is 1. The molecule has 3 heterocycles. The summed E-state index contributed by atoms with van der Waals surface area (Å²) in [4.78, 5) is 21.2. The van der Waals surface area contributed by atoms with Crippen LogP contribution >= 0.6 is 0 Å². The molecule has 0 spiro atoms. The number of aryl methyl sites for hydroxylation is 1.